The lowest BCUT2D eigenvalue weighted by molar-refractivity contribution is -0.135. The van der Waals surface area contributed by atoms with Gasteiger partial charge in [0.1, 0.15) is 5.54 Å². The van der Waals surface area contributed by atoms with E-state index in [2.05, 4.69) is 23.9 Å². The number of carbonyl (C=O) groups is 1. The van der Waals surface area contributed by atoms with E-state index in [1.165, 1.54) is 6.42 Å². The molecule has 2 heterocycles. The van der Waals surface area contributed by atoms with E-state index in [1.54, 1.807) is 18.6 Å². The van der Waals surface area contributed by atoms with Crippen molar-refractivity contribution in [2.24, 2.45) is 27.6 Å². The summed E-state index contributed by atoms with van der Waals surface area (Å²) in [5.74, 6) is 0.374. The molecule has 4 unspecified atom stereocenters. The van der Waals surface area contributed by atoms with Crippen molar-refractivity contribution < 1.29 is 4.79 Å². The molecule has 1 amide bonds. The summed E-state index contributed by atoms with van der Waals surface area (Å²) in [6, 6.07) is 3.84. The molecule has 2 saturated carbocycles. The molecule has 4 rings (SSSR count). The number of amides is 1. The second-order valence-electron chi connectivity index (χ2n) is 7.50. The Morgan fingerprint density at radius 2 is 2.36 bits per heavy atom. The molecule has 3 fully saturated rings. The lowest BCUT2D eigenvalue weighted by Crippen LogP contribution is -2.60. The van der Waals surface area contributed by atoms with Gasteiger partial charge in [-0.2, -0.15) is 5.10 Å². The van der Waals surface area contributed by atoms with Gasteiger partial charge in [-0.25, -0.2) is 0 Å². The van der Waals surface area contributed by atoms with Crippen LogP contribution in [-0.4, -0.2) is 34.2 Å². The highest BCUT2D eigenvalue weighted by molar-refractivity contribution is 5.88. The van der Waals surface area contributed by atoms with E-state index in [9.17, 15) is 4.79 Å². The molecule has 3 aliphatic rings. The van der Waals surface area contributed by atoms with Gasteiger partial charge in [0.2, 0.25) is 5.91 Å². The fourth-order valence-corrected chi connectivity index (χ4v) is 5.47. The second-order valence-corrected chi connectivity index (χ2v) is 7.50. The van der Waals surface area contributed by atoms with Gasteiger partial charge >= 0.3 is 0 Å². The summed E-state index contributed by atoms with van der Waals surface area (Å²) in [5, 5.41) is 6.62. The molecule has 4 bridgehead atoms. The highest BCUT2D eigenvalue weighted by atomic mass is 16.2. The smallest absolute Gasteiger partial charge is 0.245 e. The van der Waals surface area contributed by atoms with E-state index in [0.29, 0.717) is 5.92 Å². The number of rotatable bonds is 3. The Morgan fingerprint density at radius 3 is 3.00 bits per heavy atom. The molecule has 4 atom stereocenters. The minimum atomic E-state index is -0.622. The monoisotopic (exact) mass is 298 g/mol. The standard InChI is InChI=1S/C17H22N4O/c1-15-11-21(20-10-12-4-3-7-19-9-12)17(14(18)22)8-13(15)5-6-16(15,17)2/h3-4,7,9-10,13H,5-6,8,11H2,1-2H3,(H2,18,22)/b20-10+. The van der Waals surface area contributed by atoms with E-state index in [-0.39, 0.29) is 16.7 Å². The van der Waals surface area contributed by atoms with Gasteiger partial charge in [-0.1, -0.05) is 19.9 Å². The topological polar surface area (TPSA) is 71.6 Å². The molecule has 2 aliphatic carbocycles. The van der Waals surface area contributed by atoms with Crippen LogP contribution in [-0.2, 0) is 4.79 Å². The average Bonchev–Trinajstić information content (AvgIpc) is 2.95. The van der Waals surface area contributed by atoms with Gasteiger partial charge in [0.15, 0.2) is 0 Å². The third-order valence-electron chi connectivity index (χ3n) is 6.97. The Morgan fingerprint density at radius 1 is 1.55 bits per heavy atom. The Labute approximate surface area is 130 Å². The van der Waals surface area contributed by atoms with Crippen LogP contribution in [0.4, 0.5) is 0 Å². The van der Waals surface area contributed by atoms with Crippen molar-refractivity contribution in [3.63, 3.8) is 0 Å². The number of pyridine rings is 1. The minimum Gasteiger partial charge on any atom is -0.368 e. The molecule has 0 spiro atoms. The zero-order valence-corrected chi connectivity index (χ0v) is 13.1. The summed E-state index contributed by atoms with van der Waals surface area (Å²) in [6.07, 6.45) is 8.42. The number of piperidine rings is 1. The molecule has 0 aromatic carbocycles. The van der Waals surface area contributed by atoms with E-state index in [1.807, 2.05) is 17.1 Å². The Bertz CT molecular complexity index is 660. The maximum absolute atomic E-state index is 12.4. The molecule has 1 saturated heterocycles. The zero-order chi connectivity index (χ0) is 15.6. The summed E-state index contributed by atoms with van der Waals surface area (Å²) in [7, 11) is 0. The summed E-state index contributed by atoms with van der Waals surface area (Å²) < 4.78 is 0. The molecular formula is C17H22N4O. The van der Waals surface area contributed by atoms with Crippen LogP contribution in [0.25, 0.3) is 0 Å². The van der Waals surface area contributed by atoms with Gasteiger partial charge in [-0.15, -0.1) is 0 Å². The van der Waals surface area contributed by atoms with Gasteiger partial charge in [0.05, 0.1) is 6.21 Å². The molecule has 1 aromatic heterocycles. The first-order valence-electron chi connectivity index (χ1n) is 7.96. The van der Waals surface area contributed by atoms with Crippen molar-refractivity contribution in [3.8, 4) is 0 Å². The summed E-state index contributed by atoms with van der Waals surface area (Å²) in [6.45, 7) is 5.37. The van der Waals surface area contributed by atoms with Crippen molar-refractivity contribution in [2.45, 2.75) is 38.6 Å². The molecule has 5 heteroatoms. The number of nitrogens with zero attached hydrogens (tertiary/aromatic N) is 3. The van der Waals surface area contributed by atoms with Crippen molar-refractivity contribution in [2.75, 3.05) is 6.54 Å². The molecular weight excluding hydrogens is 276 g/mol. The number of hydrogen-bond acceptors (Lipinski definition) is 4. The van der Waals surface area contributed by atoms with Crippen LogP contribution in [0.15, 0.2) is 29.6 Å². The summed E-state index contributed by atoms with van der Waals surface area (Å²) in [4.78, 5) is 16.5. The first kappa shape index (κ1) is 13.7. The van der Waals surface area contributed by atoms with Gasteiger partial charge in [0, 0.05) is 29.9 Å². The molecule has 2 N–H and O–H groups in total. The number of aromatic nitrogens is 1. The van der Waals surface area contributed by atoms with E-state index in [0.717, 1.165) is 24.9 Å². The Hall–Kier alpha value is -1.91. The van der Waals surface area contributed by atoms with Gasteiger partial charge in [-0.3, -0.25) is 14.8 Å². The van der Waals surface area contributed by atoms with Crippen LogP contribution >= 0.6 is 0 Å². The SMILES string of the molecule is CC12CN(/N=C/c3cccnc3)C3(C(N)=O)CC1CCC23C. The summed E-state index contributed by atoms with van der Waals surface area (Å²) in [5.41, 5.74) is 6.27. The number of hydrogen-bond donors (Lipinski definition) is 1. The fraction of sp³-hybridized carbons (Fsp3) is 0.588. The largest absolute Gasteiger partial charge is 0.368 e. The highest BCUT2D eigenvalue weighted by Crippen LogP contribution is 2.75. The van der Waals surface area contributed by atoms with Crippen LogP contribution < -0.4 is 5.73 Å². The molecule has 22 heavy (non-hydrogen) atoms. The minimum absolute atomic E-state index is 0.0667. The van der Waals surface area contributed by atoms with Crippen LogP contribution in [0.5, 0.6) is 0 Å². The van der Waals surface area contributed by atoms with Gasteiger partial charge in [0.25, 0.3) is 0 Å². The maximum atomic E-state index is 12.4. The van der Waals surface area contributed by atoms with Crippen molar-refractivity contribution in [1.29, 1.82) is 0 Å². The van der Waals surface area contributed by atoms with Crippen molar-refractivity contribution in [1.82, 2.24) is 9.99 Å². The average molecular weight is 298 g/mol. The first-order valence-corrected chi connectivity index (χ1v) is 7.96. The third-order valence-corrected chi connectivity index (χ3v) is 6.97. The Balaban J connectivity index is 1.74. The van der Waals surface area contributed by atoms with E-state index in [4.69, 9.17) is 5.73 Å². The predicted molar refractivity (Wildman–Crippen MR) is 84.0 cm³/mol. The normalized spacial score (nSPS) is 42.5. The molecule has 1 aliphatic heterocycles. The molecule has 0 radical (unpaired) electrons. The second kappa shape index (κ2) is 4.09. The zero-order valence-electron chi connectivity index (χ0n) is 13.1. The number of carbonyl (C=O) groups excluding carboxylic acids is 1. The highest BCUT2D eigenvalue weighted by Gasteiger charge is 2.80. The third kappa shape index (κ3) is 1.33. The van der Waals surface area contributed by atoms with E-state index < -0.39 is 5.54 Å². The first-order chi connectivity index (χ1) is 10.4. The number of nitrogens with two attached hydrogens (primary N) is 1. The molecule has 1 aromatic rings. The van der Waals surface area contributed by atoms with Crippen LogP contribution in [0.1, 0.15) is 38.7 Å². The summed E-state index contributed by atoms with van der Waals surface area (Å²) >= 11 is 0. The Kier molecular flexibility index (Phi) is 2.55. The van der Waals surface area contributed by atoms with Crippen LogP contribution in [0, 0.1) is 16.7 Å². The quantitative estimate of drug-likeness (QED) is 0.865. The van der Waals surface area contributed by atoms with Crippen molar-refractivity contribution in [3.05, 3.63) is 30.1 Å². The lowest BCUT2D eigenvalue weighted by atomic mass is 9.65. The van der Waals surface area contributed by atoms with Crippen molar-refractivity contribution >= 4 is 12.1 Å². The van der Waals surface area contributed by atoms with Gasteiger partial charge < -0.3 is 5.73 Å². The molecule has 5 nitrogen and oxygen atoms in total. The number of primary amides is 1. The molecule has 116 valence electrons. The number of hydrazone groups is 1. The lowest BCUT2D eigenvalue weighted by Gasteiger charge is -2.44. The van der Waals surface area contributed by atoms with E-state index >= 15 is 0 Å². The van der Waals surface area contributed by atoms with Gasteiger partial charge in [-0.05, 0) is 36.7 Å². The van der Waals surface area contributed by atoms with Crippen LogP contribution in [0.2, 0.25) is 0 Å². The van der Waals surface area contributed by atoms with Crippen LogP contribution in [0.3, 0.4) is 0 Å². The predicted octanol–water partition coefficient (Wildman–Crippen LogP) is 1.78. The maximum Gasteiger partial charge on any atom is 0.245 e. The fourth-order valence-electron chi connectivity index (χ4n) is 5.47.